The van der Waals surface area contributed by atoms with Crippen LogP contribution in [-0.2, 0) is 21.4 Å². The molecule has 0 spiro atoms. The lowest BCUT2D eigenvalue weighted by Gasteiger charge is -2.08. The van der Waals surface area contributed by atoms with Gasteiger partial charge in [-0.05, 0) is 24.1 Å². The molecule has 0 saturated heterocycles. The van der Waals surface area contributed by atoms with Crippen LogP contribution in [0, 0.1) is 0 Å². The average molecular weight is 468 g/mol. The third kappa shape index (κ3) is 13.9. The van der Waals surface area contributed by atoms with Crippen LogP contribution in [-0.4, -0.2) is 14.3 Å². The Bertz CT molecular complexity index is 706. The molecule has 1 aromatic rings. The van der Waals surface area contributed by atoms with Crippen molar-refractivity contribution in [3.63, 3.8) is 0 Å². The molecule has 0 radical (unpaired) electrons. The molecule has 7 heteroatoms. The lowest BCUT2D eigenvalue weighted by atomic mass is 10.0. The lowest BCUT2D eigenvalue weighted by molar-refractivity contribution is -0.119. The van der Waals surface area contributed by atoms with E-state index in [0.29, 0.717) is 6.54 Å². The maximum Gasteiger partial charge on any atom is 0.264 e. The van der Waals surface area contributed by atoms with Crippen molar-refractivity contribution in [2.24, 2.45) is 5.84 Å². The van der Waals surface area contributed by atoms with Gasteiger partial charge in [-0.3, -0.25) is 16.1 Å². The Kier molecular flexibility index (Phi) is 16.1. The SMILES string of the molecule is CCCCCCCCCCCCCCCCCC(=O)NS(=O)(=O)c1ccc(CNN)cc1. The average Bonchev–Trinajstić information content (AvgIpc) is 2.76. The molecule has 0 aliphatic rings. The van der Waals surface area contributed by atoms with Crippen LogP contribution in [0.4, 0.5) is 0 Å². The molecule has 1 rings (SSSR count). The second-order valence-electron chi connectivity index (χ2n) is 8.75. The van der Waals surface area contributed by atoms with Gasteiger partial charge in [0.1, 0.15) is 0 Å². The summed E-state index contributed by atoms with van der Waals surface area (Å²) < 4.78 is 26.8. The predicted octanol–water partition coefficient (Wildman–Crippen LogP) is 5.72. The quantitative estimate of drug-likeness (QED) is 0.129. The van der Waals surface area contributed by atoms with E-state index >= 15 is 0 Å². The van der Waals surface area contributed by atoms with Crippen molar-refractivity contribution in [2.75, 3.05) is 0 Å². The Morgan fingerprint density at radius 1 is 0.750 bits per heavy atom. The van der Waals surface area contributed by atoms with Gasteiger partial charge in [-0.25, -0.2) is 13.1 Å². The van der Waals surface area contributed by atoms with Crippen molar-refractivity contribution >= 4 is 15.9 Å². The summed E-state index contributed by atoms with van der Waals surface area (Å²) in [6.45, 7) is 2.71. The monoisotopic (exact) mass is 467 g/mol. The molecule has 6 nitrogen and oxygen atoms in total. The number of rotatable bonds is 20. The van der Waals surface area contributed by atoms with E-state index < -0.39 is 15.9 Å². The molecule has 0 heterocycles. The molecule has 0 unspecified atom stereocenters. The fraction of sp³-hybridized carbons (Fsp3) is 0.720. The van der Waals surface area contributed by atoms with Gasteiger partial charge in [0.25, 0.3) is 10.0 Å². The van der Waals surface area contributed by atoms with Gasteiger partial charge in [0.2, 0.25) is 5.91 Å². The Morgan fingerprint density at radius 3 is 1.62 bits per heavy atom. The maximum absolute atomic E-state index is 12.3. The molecule has 0 aliphatic heterocycles. The summed E-state index contributed by atoms with van der Waals surface area (Å²) in [6, 6.07) is 6.31. The summed E-state index contributed by atoms with van der Waals surface area (Å²) in [6.07, 6.45) is 19.1. The summed E-state index contributed by atoms with van der Waals surface area (Å²) in [5.74, 6) is 4.82. The number of sulfonamides is 1. The molecular weight excluding hydrogens is 422 g/mol. The van der Waals surface area contributed by atoms with Crippen molar-refractivity contribution in [1.29, 1.82) is 0 Å². The van der Waals surface area contributed by atoms with Crippen LogP contribution in [0.3, 0.4) is 0 Å². The highest BCUT2D eigenvalue weighted by Crippen LogP contribution is 2.14. The minimum Gasteiger partial charge on any atom is -0.274 e. The number of unbranched alkanes of at least 4 members (excludes halogenated alkanes) is 14. The minimum atomic E-state index is -3.81. The van der Waals surface area contributed by atoms with Crippen LogP contribution in [0.25, 0.3) is 0 Å². The summed E-state index contributed by atoms with van der Waals surface area (Å²) >= 11 is 0. The first-order valence-electron chi connectivity index (χ1n) is 12.6. The smallest absolute Gasteiger partial charge is 0.264 e. The van der Waals surface area contributed by atoms with Crippen LogP contribution in [0.15, 0.2) is 29.2 Å². The van der Waals surface area contributed by atoms with Gasteiger partial charge in [-0.2, -0.15) is 0 Å². The van der Waals surface area contributed by atoms with Gasteiger partial charge >= 0.3 is 0 Å². The van der Waals surface area contributed by atoms with E-state index in [1.807, 2.05) is 0 Å². The second kappa shape index (κ2) is 18.0. The van der Waals surface area contributed by atoms with Gasteiger partial charge in [-0.1, -0.05) is 109 Å². The first-order chi connectivity index (χ1) is 15.5. The molecule has 0 aromatic heterocycles. The number of carbonyl (C=O) groups excluding carboxylic acids is 1. The van der Waals surface area contributed by atoms with E-state index in [1.54, 1.807) is 12.1 Å². The summed E-state index contributed by atoms with van der Waals surface area (Å²) in [5.41, 5.74) is 3.39. The summed E-state index contributed by atoms with van der Waals surface area (Å²) in [4.78, 5) is 12.1. The lowest BCUT2D eigenvalue weighted by Crippen LogP contribution is -2.30. The van der Waals surface area contributed by atoms with Gasteiger partial charge in [-0.15, -0.1) is 0 Å². The largest absolute Gasteiger partial charge is 0.274 e. The van der Waals surface area contributed by atoms with Gasteiger partial charge in [0, 0.05) is 13.0 Å². The molecule has 184 valence electrons. The van der Waals surface area contributed by atoms with Crippen molar-refractivity contribution < 1.29 is 13.2 Å². The van der Waals surface area contributed by atoms with Crippen LogP contribution in [0.1, 0.15) is 115 Å². The third-order valence-corrected chi connectivity index (χ3v) is 7.18. The summed E-state index contributed by atoms with van der Waals surface area (Å²) in [7, 11) is -3.81. The van der Waals surface area contributed by atoms with Crippen LogP contribution >= 0.6 is 0 Å². The van der Waals surface area contributed by atoms with Crippen molar-refractivity contribution in [1.82, 2.24) is 10.1 Å². The van der Waals surface area contributed by atoms with E-state index in [4.69, 9.17) is 5.84 Å². The number of hydrazine groups is 1. The fourth-order valence-electron chi connectivity index (χ4n) is 3.82. The minimum absolute atomic E-state index is 0.0862. The van der Waals surface area contributed by atoms with E-state index in [1.165, 1.54) is 89.2 Å². The molecule has 1 aromatic carbocycles. The zero-order chi connectivity index (χ0) is 23.5. The molecule has 0 atom stereocenters. The topological polar surface area (TPSA) is 101 Å². The highest BCUT2D eigenvalue weighted by molar-refractivity contribution is 7.90. The number of nitrogens with one attached hydrogen (secondary N) is 2. The van der Waals surface area contributed by atoms with Crippen molar-refractivity contribution in [3.05, 3.63) is 29.8 Å². The van der Waals surface area contributed by atoms with Crippen LogP contribution in [0.2, 0.25) is 0 Å². The van der Waals surface area contributed by atoms with Crippen molar-refractivity contribution in [2.45, 2.75) is 121 Å². The molecule has 0 bridgehead atoms. The Morgan fingerprint density at radius 2 is 1.19 bits per heavy atom. The normalized spacial score (nSPS) is 11.6. The standard InChI is InChI=1S/C25H45N3O3S/c1-2-3-4-5-6-7-8-9-10-11-12-13-14-15-16-17-25(29)28-32(30,31)24-20-18-23(19-21-24)22-27-26/h18-21,27H,2-17,22,26H2,1H3,(H,28,29). The number of amides is 1. The number of benzene rings is 1. The number of nitrogens with two attached hydrogens (primary N) is 1. The van der Waals surface area contributed by atoms with E-state index in [9.17, 15) is 13.2 Å². The maximum atomic E-state index is 12.3. The van der Waals surface area contributed by atoms with Gasteiger partial charge < -0.3 is 0 Å². The zero-order valence-corrected chi connectivity index (χ0v) is 20.9. The van der Waals surface area contributed by atoms with Gasteiger partial charge in [0.15, 0.2) is 0 Å². The van der Waals surface area contributed by atoms with Gasteiger partial charge in [0.05, 0.1) is 4.90 Å². The molecule has 4 N–H and O–H groups in total. The fourth-order valence-corrected chi connectivity index (χ4v) is 4.84. The highest BCUT2D eigenvalue weighted by atomic mass is 32.2. The molecule has 1 amide bonds. The number of hydrogen-bond donors (Lipinski definition) is 3. The summed E-state index contributed by atoms with van der Waals surface area (Å²) in [5, 5.41) is 0. The molecule has 0 aliphatic carbocycles. The van der Waals surface area contributed by atoms with E-state index in [2.05, 4.69) is 17.1 Å². The molecule has 32 heavy (non-hydrogen) atoms. The van der Waals surface area contributed by atoms with Crippen molar-refractivity contribution in [3.8, 4) is 0 Å². The molecule has 0 saturated carbocycles. The molecule has 0 fully saturated rings. The first kappa shape index (κ1) is 28.6. The first-order valence-corrected chi connectivity index (χ1v) is 14.1. The Labute approximate surface area is 196 Å². The van der Waals surface area contributed by atoms with Crippen LogP contribution < -0.4 is 16.0 Å². The van der Waals surface area contributed by atoms with E-state index in [-0.39, 0.29) is 11.3 Å². The Hall–Kier alpha value is -1.44. The predicted molar refractivity (Wildman–Crippen MR) is 132 cm³/mol. The number of hydrogen-bond acceptors (Lipinski definition) is 5. The van der Waals surface area contributed by atoms with Crippen LogP contribution in [0.5, 0.6) is 0 Å². The number of carbonyl (C=O) groups is 1. The van der Waals surface area contributed by atoms with E-state index in [0.717, 1.165) is 24.8 Å². The highest BCUT2D eigenvalue weighted by Gasteiger charge is 2.17. The third-order valence-electron chi connectivity index (χ3n) is 5.80. The zero-order valence-electron chi connectivity index (χ0n) is 20.0. The molecular formula is C25H45N3O3S. The Balaban J connectivity index is 2.01. The second-order valence-corrected chi connectivity index (χ2v) is 10.4.